The molecule has 0 spiro atoms. The van der Waals surface area contributed by atoms with Gasteiger partial charge in [0.1, 0.15) is 5.82 Å². The number of carbonyl (C=O) groups excluding carboxylic acids is 1. The summed E-state index contributed by atoms with van der Waals surface area (Å²) < 4.78 is 0. The smallest absolute Gasteiger partial charge is 0.356 e. The van der Waals surface area contributed by atoms with E-state index in [0.29, 0.717) is 18.9 Å². The summed E-state index contributed by atoms with van der Waals surface area (Å²) in [4.78, 5) is 28.5. The molecule has 0 aliphatic rings. The Balaban J connectivity index is 2.38. The van der Waals surface area contributed by atoms with Gasteiger partial charge in [-0.05, 0) is 0 Å². The average Bonchev–Trinajstić information content (AvgIpc) is 2.25. The lowest BCUT2D eigenvalue weighted by atomic mass is 10.4. The van der Waals surface area contributed by atoms with Crippen molar-refractivity contribution in [3.8, 4) is 0 Å². The van der Waals surface area contributed by atoms with Gasteiger partial charge in [-0.2, -0.15) is 0 Å². The summed E-state index contributed by atoms with van der Waals surface area (Å²) >= 11 is 0. The Kier molecular flexibility index (Phi) is 4.19. The lowest BCUT2D eigenvalue weighted by Crippen LogP contribution is -2.26. The molecule has 0 radical (unpaired) electrons. The van der Waals surface area contributed by atoms with Gasteiger partial charge in [0.05, 0.1) is 12.4 Å². The zero-order chi connectivity index (χ0) is 12.0. The minimum Gasteiger partial charge on any atom is -0.476 e. The second kappa shape index (κ2) is 5.64. The number of amides is 1. The molecule has 0 aliphatic carbocycles. The van der Waals surface area contributed by atoms with Gasteiger partial charge in [0.25, 0.3) is 0 Å². The maximum Gasteiger partial charge on any atom is 0.356 e. The molecule has 16 heavy (non-hydrogen) atoms. The number of anilines is 1. The molecule has 0 fully saturated rings. The van der Waals surface area contributed by atoms with Crippen molar-refractivity contribution in [3.05, 3.63) is 18.1 Å². The zero-order valence-electron chi connectivity index (χ0n) is 8.73. The van der Waals surface area contributed by atoms with E-state index in [1.54, 1.807) is 0 Å². The Morgan fingerprint density at radius 1 is 1.31 bits per heavy atom. The molecule has 0 unspecified atom stereocenters. The van der Waals surface area contributed by atoms with Crippen LogP contribution in [0.15, 0.2) is 12.4 Å². The molecule has 1 amide bonds. The monoisotopic (exact) mass is 224 g/mol. The first-order chi connectivity index (χ1) is 7.59. The average molecular weight is 224 g/mol. The van der Waals surface area contributed by atoms with E-state index in [-0.39, 0.29) is 11.6 Å². The van der Waals surface area contributed by atoms with Crippen molar-refractivity contribution in [2.24, 2.45) is 0 Å². The van der Waals surface area contributed by atoms with Gasteiger partial charge >= 0.3 is 5.97 Å². The summed E-state index contributed by atoms with van der Waals surface area (Å²) in [7, 11) is 0. The molecule has 3 N–H and O–H groups in total. The highest BCUT2D eigenvalue weighted by Crippen LogP contribution is 1.99. The predicted molar refractivity (Wildman–Crippen MR) is 56.2 cm³/mol. The molecule has 0 atom stereocenters. The third-order valence-electron chi connectivity index (χ3n) is 1.68. The molecule has 0 aliphatic heterocycles. The molecule has 7 heteroatoms. The summed E-state index contributed by atoms with van der Waals surface area (Å²) in [6, 6.07) is 0. The molecule has 86 valence electrons. The SMILES string of the molecule is CC(=O)NCCNc1cnc(C(=O)O)cn1. The van der Waals surface area contributed by atoms with Crippen molar-refractivity contribution in [1.82, 2.24) is 15.3 Å². The summed E-state index contributed by atoms with van der Waals surface area (Å²) in [6.45, 7) is 2.40. The molecule has 1 rings (SSSR count). The second-order valence-corrected chi connectivity index (χ2v) is 3.00. The Bertz CT molecular complexity index is 377. The fraction of sp³-hybridized carbons (Fsp3) is 0.333. The van der Waals surface area contributed by atoms with E-state index in [1.807, 2.05) is 0 Å². The number of nitrogens with zero attached hydrogens (tertiary/aromatic N) is 2. The van der Waals surface area contributed by atoms with Gasteiger partial charge in [-0.15, -0.1) is 0 Å². The molecular weight excluding hydrogens is 212 g/mol. The number of rotatable bonds is 5. The van der Waals surface area contributed by atoms with E-state index in [0.717, 1.165) is 0 Å². The van der Waals surface area contributed by atoms with Crippen molar-refractivity contribution >= 4 is 17.7 Å². The van der Waals surface area contributed by atoms with Crippen LogP contribution in [-0.2, 0) is 4.79 Å². The lowest BCUT2D eigenvalue weighted by Gasteiger charge is -2.05. The summed E-state index contributed by atoms with van der Waals surface area (Å²) in [5.74, 6) is -0.748. The van der Waals surface area contributed by atoms with Gasteiger partial charge in [0, 0.05) is 20.0 Å². The summed E-state index contributed by atoms with van der Waals surface area (Å²) in [5.41, 5.74) is -0.104. The summed E-state index contributed by atoms with van der Waals surface area (Å²) in [6.07, 6.45) is 2.50. The summed E-state index contributed by atoms with van der Waals surface area (Å²) in [5, 5.41) is 14.1. The number of carbonyl (C=O) groups is 2. The number of nitrogens with one attached hydrogen (secondary N) is 2. The van der Waals surface area contributed by atoms with E-state index in [2.05, 4.69) is 20.6 Å². The fourth-order valence-electron chi connectivity index (χ4n) is 0.959. The van der Waals surface area contributed by atoms with Crippen LogP contribution < -0.4 is 10.6 Å². The lowest BCUT2D eigenvalue weighted by molar-refractivity contribution is -0.118. The number of hydrogen-bond donors (Lipinski definition) is 3. The molecular formula is C9H12N4O3. The zero-order valence-corrected chi connectivity index (χ0v) is 8.73. The van der Waals surface area contributed by atoms with E-state index in [1.165, 1.54) is 19.3 Å². The first kappa shape index (κ1) is 11.9. The highest BCUT2D eigenvalue weighted by Gasteiger charge is 2.03. The van der Waals surface area contributed by atoms with Crippen LogP contribution in [0.3, 0.4) is 0 Å². The number of carboxylic acid groups (broad SMARTS) is 1. The van der Waals surface area contributed by atoms with Crippen molar-refractivity contribution in [3.63, 3.8) is 0 Å². The van der Waals surface area contributed by atoms with Gasteiger partial charge in [-0.25, -0.2) is 14.8 Å². The minimum atomic E-state index is -1.11. The Morgan fingerprint density at radius 3 is 2.56 bits per heavy atom. The third-order valence-corrected chi connectivity index (χ3v) is 1.68. The van der Waals surface area contributed by atoms with Crippen molar-refractivity contribution in [1.29, 1.82) is 0 Å². The molecule has 1 heterocycles. The van der Waals surface area contributed by atoms with Crippen LogP contribution in [0.2, 0.25) is 0 Å². The number of hydrogen-bond acceptors (Lipinski definition) is 5. The van der Waals surface area contributed by atoms with Gasteiger partial charge in [0.2, 0.25) is 5.91 Å². The van der Waals surface area contributed by atoms with E-state index in [4.69, 9.17) is 5.11 Å². The first-order valence-corrected chi connectivity index (χ1v) is 4.63. The Hall–Kier alpha value is -2.18. The maximum atomic E-state index is 10.5. The van der Waals surface area contributed by atoms with Crippen molar-refractivity contribution in [2.45, 2.75) is 6.92 Å². The highest BCUT2D eigenvalue weighted by molar-refractivity contribution is 5.84. The number of carboxylic acids is 1. The fourth-order valence-corrected chi connectivity index (χ4v) is 0.959. The van der Waals surface area contributed by atoms with Gasteiger partial charge in [0.15, 0.2) is 5.69 Å². The van der Waals surface area contributed by atoms with E-state index < -0.39 is 5.97 Å². The molecule has 7 nitrogen and oxygen atoms in total. The van der Waals surface area contributed by atoms with Crippen LogP contribution in [0.4, 0.5) is 5.82 Å². The Morgan fingerprint density at radius 2 is 2.06 bits per heavy atom. The molecule has 0 saturated carbocycles. The second-order valence-electron chi connectivity index (χ2n) is 3.00. The molecule has 0 aromatic carbocycles. The standard InChI is InChI=1S/C9H12N4O3/c1-6(14)10-2-3-11-8-5-12-7(4-13-8)9(15)16/h4-5H,2-3H2,1H3,(H,10,14)(H,11,13)(H,15,16). The van der Waals surface area contributed by atoms with E-state index >= 15 is 0 Å². The van der Waals surface area contributed by atoms with Crippen LogP contribution in [0, 0.1) is 0 Å². The normalized spacial score (nSPS) is 9.56. The number of aromatic carboxylic acids is 1. The van der Waals surface area contributed by atoms with Crippen LogP contribution in [-0.4, -0.2) is 40.0 Å². The van der Waals surface area contributed by atoms with Crippen LogP contribution in [0.1, 0.15) is 17.4 Å². The maximum absolute atomic E-state index is 10.5. The van der Waals surface area contributed by atoms with E-state index in [9.17, 15) is 9.59 Å². The van der Waals surface area contributed by atoms with Crippen molar-refractivity contribution < 1.29 is 14.7 Å². The third kappa shape index (κ3) is 3.91. The van der Waals surface area contributed by atoms with Crippen molar-refractivity contribution in [2.75, 3.05) is 18.4 Å². The number of aromatic nitrogens is 2. The molecule has 0 bridgehead atoms. The van der Waals surface area contributed by atoms with Crippen LogP contribution >= 0.6 is 0 Å². The van der Waals surface area contributed by atoms with Crippen LogP contribution in [0.25, 0.3) is 0 Å². The molecule has 1 aromatic rings. The van der Waals surface area contributed by atoms with Crippen LogP contribution in [0.5, 0.6) is 0 Å². The largest absolute Gasteiger partial charge is 0.476 e. The first-order valence-electron chi connectivity index (χ1n) is 4.63. The van der Waals surface area contributed by atoms with Gasteiger partial charge in [-0.1, -0.05) is 0 Å². The van der Waals surface area contributed by atoms with Gasteiger partial charge < -0.3 is 15.7 Å². The topological polar surface area (TPSA) is 104 Å². The predicted octanol–water partition coefficient (Wildman–Crippen LogP) is -0.277. The minimum absolute atomic E-state index is 0.103. The molecule has 0 saturated heterocycles. The highest BCUT2D eigenvalue weighted by atomic mass is 16.4. The van der Waals surface area contributed by atoms with Gasteiger partial charge in [-0.3, -0.25) is 4.79 Å². The quantitative estimate of drug-likeness (QED) is 0.594. The molecule has 1 aromatic heterocycles. The Labute approximate surface area is 91.9 Å².